The normalized spacial score (nSPS) is 35.0. The van der Waals surface area contributed by atoms with E-state index in [0.29, 0.717) is 13.1 Å². The van der Waals surface area contributed by atoms with Gasteiger partial charge >= 0.3 is 0 Å². The van der Waals surface area contributed by atoms with Crippen molar-refractivity contribution in [3.8, 4) is 0 Å². The third-order valence-corrected chi connectivity index (χ3v) is 9.96. The van der Waals surface area contributed by atoms with Crippen LogP contribution in [0.5, 0.6) is 0 Å². The van der Waals surface area contributed by atoms with E-state index in [9.17, 15) is 19.5 Å². The lowest BCUT2D eigenvalue weighted by Crippen LogP contribution is -2.57. The Hall–Kier alpha value is -1.28. The van der Waals surface area contributed by atoms with Crippen LogP contribution in [0.25, 0.3) is 0 Å². The van der Waals surface area contributed by atoms with Crippen molar-refractivity contribution in [2.45, 2.75) is 94.7 Å². The fourth-order valence-corrected chi connectivity index (χ4v) is 8.42. The van der Waals surface area contributed by atoms with Gasteiger partial charge in [0.2, 0.25) is 17.7 Å². The molecular formula is C24H41N3O4S. The average Bonchev–Trinajstić information content (AvgIpc) is 3.33. The number of fused-ring (bicyclic) bond motifs is 1. The number of likely N-dealkylation sites (tertiary alicyclic amines) is 1. The number of nitrogens with one attached hydrogen (secondary N) is 2. The zero-order valence-electron chi connectivity index (χ0n) is 20.3. The maximum absolute atomic E-state index is 14.0. The minimum Gasteiger partial charge on any atom is -0.394 e. The number of rotatable bonds is 11. The van der Waals surface area contributed by atoms with E-state index in [1.807, 2.05) is 20.8 Å². The van der Waals surface area contributed by atoms with E-state index < -0.39 is 28.7 Å². The Balaban J connectivity index is 2.04. The van der Waals surface area contributed by atoms with Gasteiger partial charge in [-0.25, -0.2) is 0 Å². The van der Waals surface area contributed by atoms with Gasteiger partial charge in [0.05, 0.1) is 29.2 Å². The van der Waals surface area contributed by atoms with Gasteiger partial charge in [0.15, 0.2) is 0 Å². The molecule has 0 saturated carbocycles. The van der Waals surface area contributed by atoms with Crippen molar-refractivity contribution in [2.75, 3.05) is 19.7 Å². The lowest BCUT2D eigenvalue weighted by molar-refractivity contribution is -0.144. The smallest absolute Gasteiger partial charge is 0.244 e. The lowest BCUT2D eigenvalue weighted by Gasteiger charge is -2.39. The molecule has 2 bridgehead atoms. The van der Waals surface area contributed by atoms with Gasteiger partial charge in [-0.1, -0.05) is 40.5 Å². The molecule has 0 aromatic rings. The van der Waals surface area contributed by atoms with Crippen molar-refractivity contribution in [3.63, 3.8) is 0 Å². The molecule has 32 heavy (non-hydrogen) atoms. The van der Waals surface area contributed by atoms with Crippen LogP contribution in [-0.4, -0.2) is 69.0 Å². The predicted octanol–water partition coefficient (Wildman–Crippen LogP) is 2.32. The van der Waals surface area contributed by atoms with Gasteiger partial charge in [-0.05, 0) is 38.5 Å². The number of aliphatic hydroxyl groups is 1. The van der Waals surface area contributed by atoms with Crippen molar-refractivity contribution >= 4 is 29.5 Å². The van der Waals surface area contributed by atoms with Gasteiger partial charge < -0.3 is 20.6 Å². The average molecular weight is 468 g/mol. The first kappa shape index (κ1) is 25.3. The van der Waals surface area contributed by atoms with E-state index >= 15 is 0 Å². The van der Waals surface area contributed by atoms with Crippen LogP contribution in [0, 0.1) is 17.8 Å². The third-order valence-electron chi connectivity index (χ3n) is 7.97. The Kier molecular flexibility index (Phi) is 7.85. The molecule has 0 aliphatic carbocycles. The molecule has 7 nitrogen and oxygen atoms in total. The van der Waals surface area contributed by atoms with Crippen molar-refractivity contribution < 1.29 is 19.5 Å². The number of thioether (sulfide) groups is 1. The summed E-state index contributed by atoms with van der Waals surface area (Å²) in [6, 6.07) is -1.08. The molecule has 0 aromatic heterocycles. The van der Waals surface area contributed by atoms with Crippen LogP contribution >= 0.6 is 11.8 Å². The zero-order valence-corrected chi connectivity index (χ0v) is 21.1. The van der Waals surface area contributed by atoms with Crippen LogP contribution < -0.4 is 10.6 Å². The quantitative estimate of drug-likeness (QED) is 0.405. The number of carbonyl (C=O) groups excluding carboxylic acids is 3. The first-order chi connectivity index (χ1) is 15.2. The first-order valence-corrected chi connectivity index (χ1v) is 13.2. The summed E-state index contributed by atoms with van der Waals surface area (Å²) < 4.78 is -0.964. The molecule has 3 N–H and O–H groups in total. The summed E-state index contributed by atoms with van der Waals surface area (Å²) in [6.45, 7) is 11.2. The van der Waals surface area contributed by atoms with Gasteiger partial charge in [-0.3, -0.25) is 14.4 Å². The molecule has 3 aliphatic rings. The van der Waals surface area contributed by atoms with Gasteiger partial charge in [-0.15, -0.1) is 11.8 Å². The monoisotopic (exact) mass is 467 g/mol. The van der Waals surface area contributed by atoms with Gasteiger partial charge in [0, 0.05) is 17.8 Å². The third kappa shape index (κ3) is 3.95. The van der Waals surface area contributed by atoms with Crippen molar-refractivity contribution in [3.05, 3.63) is 0 Å². The van der Waals surface area contributed by atoms with Crippen molar-refractivity contribution in [1.29, 1.82) is 0 Å². The molecule has 3 saturated heterocycles. The lowest BCUT2D eigenvalue weighted by atomic mass is 9.66. The van der Waals surface area contributed by atoms with Crippen LogP contribution in [0.2, 0.25) is 0 Å². The second kappa shape index (κ2) is 9.92. The second-order valence-electron chi connectivity index (χ2n) is 10.0. The zero-order chi connectivity index (χ0) is 23.7. The maximum Gasteiger partial charge on any atom is 0.244 e. The first-order valence-electron chi connectivity index (χ1n) is 12.4. The minimum absolute atomic E-state index is 0.0512. The predicted molar refractivity (Wildman–Crippen MR) is 127 cm³/mol. The van der Waals surface area contributed by atoms with E-state index in [1.54, 1.807) is 16.7 Å². The largest absolute Gasteiger partial charge is 0.394 e. The molecule has 1 spiro atoms. The van der Waals surface area contributed by atoms with E-state index in [4.69, 9.17) is 0 Å². The molecular weight excluding hydrogens is 426 g/mol. The Morgan fingerprint density at radius 2 is 1.84 bits per heavy atom. The number of unbranched alkanes of at least 4 members (excludes halogenated alkanes) is 1. The molecule has 3 heterocycles. The maximum atomic E-state index is 14.0. The van der Waals surface area contributed by atoms with Crippen LogP contribution in [0.4, 0.5) is 0 Å². The summed E-state index contributed by atoms with van der Waals surface area (Å²) in [5.74, 6) is -1.27. The second-order valence-corrected chi connectivity index (χ2v) is 11.9. The fourth-order valence-electron chi connectivity index (χ4n) is 6.08. The number of nitrogens with zero attached hydrogens (tertiary/aromatic N) is 1. The highest BCUT2D eigenvalue weighted by molar-refractivity contribution is 8.02. The standard InChI is InChI=1S/C24H41N3O4S/c1-6-9-13-26-21(30)19-24-11-10-23(5,32-24)17(20(29)25-12-7-2)18(24)22(31)27(19)16(14-28)15(4)8-3/h15-19,28H,6-14H2,1-5H3,(H,25,29)(H,26,30)/t15-,16-,17-,18-,19?,23+,24?/m0/s1. The van der Waals surface area contributed by atoms with Crippen molar-refractivity contribution in [1.82, 2.24) is 15.5 Å². The van der Waals surface area contributed by atoms with Crippen molar-refractivity contribution in [2.24, 2.45) is 17.8 Å². The summed E-state index contributed by atoms with van der Waals surface area (Å²) in [5, 5.41) is 16.4. The number of hydrogen-bond donors (Lipinski definition) is 3. The number of carbonyl (C=O) groups is 3. The van der Waals surface area contributed by atoms with Crippen LogP contribution in [0.3, 0.4) is 0 Å². The molecule has 7 atom stereocenters. The molecule has 3 aliphatic heterocycles. The minimum atomic E-state index is -0.654. The number of aliphatic hydroxyl groups excluding tert-OH is 1. The highest BCUT2D eigenvalue weighted by Crippen LogP contribution is 2.71. The van der Waals surface area contributed by atoms with Crippen LogP contribution in [0.1, 0.15) is 73.1 Å². The Morgan fingerprint density at radius 1 is 1.16 bits per heavy atom. The SMILES string of the molecule is CCCCNC(=O)C1N([C@@H](CO)[C@@H](C)CC)C(=O)[C@@H]2[C@@H](C(=O)NCCC)[C@@]3(C)CCC12S3. The number of amides is 3. The van der Waals surface area contributed by atoms with E-state index in [-0.39, 0.29) is 35.0 Å². The van der Waals surface area contributed by atoms with Gasteiger partial charge in [0.25, 0.3) is 0 Å². The highest BCUT2D eigenvalue weighted by Gasteiger charge is 2.77. The molecule has 0 aromatic carbocycles. The van der Waals surface area contributed by atoms with E-state index in [2.05, 4.69) is 24.5 Å². The topological polar surface area (TPSA) is 98.7 Å². The molecule has 3 rings (SSSR count). The summed E-state index contributed by atoms with van der Waals surface area (Å²) >= 11 is 1.69. The van der Waals surface area contributed by atoms with Crippen LogP contribution in [0.15, 0.2) is 0 Å². The van der Waals surface area contributed by atoms with Crippen LogP contribution in [-0.2, 0) is 14.4 Å². The molecule has 3 fully saturated rings. The van der Waals surface area contributed by atoms with E-state index in [0.717, 1.165) is 38.5 Å². The highest BCUT2D eigenvalue weighted by atomic mass is 32.2. The molecule has 2 unspecified atom stereocenters. The molecule has 182 valence electrons. The fraction of sp³-hybridized carbons (Fsp3) is 0.875. The van der Waals surface area contributed by atoms with E-state index in [1.165, 1.54) is 0 Å². The Labute approximate surface area is 196 Å². The van der Waals surface area contributed by atoms with Gasteiger partial charge in [-0.2, -0.15) is 0 Å². The summed E-state index contributed by atoms with van der Waals surface area (Å²) in [6.07, 6.45) is 5.03. The Bertz CT molecular complexity index is 734. The molecule has 3 amide bonds. The molecule has 8 heteroatoms. The van der Waals surface area contributed by atoms with Gasteiger partial charge in [0.1, 0.15) is 6.04 Å². The molecule has 0 radical (unpaired) electrons. The Morgan fingerprint density at radius 3 is 2.44 bits per heavy atom. The summed E-state index contributed by atoms with van der Waals surface area (Å²) in [5.41, 5.74) is 0. The number of hydrogen-bond acceptors (Lipinski definition) is 5. The summed E-state index contributed by atoms with van der Waals surface area (Å²) in [7, 11) is 0. The summed E-state index contributed by atoms with van der Waals surface area (Å²) in [4.78, 5) is 42.5.